The van der Waals surface area contributed by atoms with E-state index in [2.05, 4.69) is 11.1 Å². The molecule has 0 saturated carbocycles. The molecule has 2 aromatic heterocycles. The van der Waals surface area contributed by atoms with Crippen LogP contribution in [0.25, 0.3) is 16.9 Å². The lowest BCUT2D eigenvalue weighted by molar-refractivity contribution is 0.615. The first-order valence-electron chi connectivity index (χ1n) is 11.1. The molecule has 0 atom stereocenters. The summed E-state index contributed by atoms with van der Waals surface area (Å²) in [6.45, 7) is 2.77. The highest BCUT2D eigenvalue weighted by Crippen LogP contribution is 2.17. The zero-order valence-corrected chi connectivity index (χ0v) is 19.4. The van der Waals surface area contributed by atoms with E-state index in [0.717, 1.165) is 16.7 Å². The molecule has 0 bridgehead atoms. The van der Waals surface area contributed by atoms with Gasteiger partial charge in [-0.3, -0.25) is 9.36 Å². The maximum atomic E-state index is 13.6. The highest BCUT2D eigenvalue weighted by atomic mass is 35.5. The molecule has 170 valence electrons. The Labute approximate surface area is 201 Å². The first kappa shape index (κ1) is 21.9. The van der Waals surface area contributed by atoms with Gasteiger partial charge in [-0.15, -0.1) is 0 Å². The zero-order chi connectivity index (χ0) is 23.7. The van der Waals surface area contributed by atoms with E-state index < -0.39 is 5.69 Å². The van der Waals surface area contributed by atoms with Gasteiger partial charge < -0.3 is 4.57 Å². The second-order valence-corrected chi connectivity index (χ2v) is 8.76. The van der Waals surface area contributed by atoms with Gasteiger partial charge in [-0.05, 0) is 48.7 Å². The zero-order valence-electron chi connectivity index (χ0n) is 18.7. The van der Waals surface area contributed by atoms with Crippen LogP contribution in [0.15, 0.2) is 94.8 Å². The summed E-state index contributed by atoms with van der Waals surface area (Å²) in [6, 6.07) is 24.9. The Balaban J connectivity index is 1.69. The molecule has 34 heavy (non-hydrogen) atoms. The van der Waals surface area contributed by atoms with Crippen LogP contribution < -0.4 is 11.2 Å². The Morgan fingerprint density at radius 2 is 1.62 bits per heavy atom. The van der Waals surface area contributed by atoms with Crippen LogP contribution in [-0.4, -0.2) is 18.7 Å². The normalized spacial score (nSPS) is 11.2. The van der Waals surface area contributed by atoms with E-state index in [1.54, 1.807) is 30.6 Å². The Kier molecular flexibility index (Phi) is 5.90. The number of hydrogen-bond donors (Lipinski definition) is 0. The summed E-state index contributed by atoms with van der Waals surface area (Å²) in [6.07, 6.45) is 2.19. The quantitative estimate of drug-likeness (QED) is 0.364. The largest absolute Gasteiger partial charge is 0.337 e. The standard InChI is InChI=1S/C27H23ClN4O2/c1-19-6-5-9-21(16-19)17-30-18-29-25-24(30)26(33)31(15-14-20-7-3-2-4-8-20)27(34)32(25)23-12-10-22(28)11-13-23/h2-13,16,18H,14-15,17H2,1H3. The topological polar surface area (TPSA) is 61.8 Å². The maximum absolute atomic E-state index is 13.6. The highest BCUT2D eigenvalue weighted by Gasteiger charge is 2.19. The fraction of sp³-hybridized carbons (Fsp3) is 0.148. The molecular formula is C27H23ClN4O2. The molecule has 5 rings (SSSR count). The number of rotatable bonds is 6. The summed E-state index contributed by atoms with van der Waals surface area (Å²) >= 11 is 6.08. The van der Waals surface area contributed by atoms with Gasteiger partial charge in [0.15, 0.2) is 11.2 Å². The van der Waals surface area contributed by atoms with Crippen LogP contribution >= 0.6 is 11.6 Å². The molecule has 0 fully saturated rings. The Morgan fingerprint density at radius 3 is 2.35 bits per heavy atom. The van der Waals surface area contributed by atoms with Crippen LogP contribution in [-0.2, 0) is 19.5 Å². The number of aromatic nitrogens is 4. The Hall–Kier alpha value is -3.90. The molecule has 0 aliphatic rings. The molecule has 0 amide bonds. The van der Waals surface area contributed by atoms with Crippen molar-refractivity contribution in [3.05, 3.63) is 128 Å². The molecule has 0 spiro atoms. The Bertz CT molecular complexity index is 1580. The highest BCUT2D eigenvalue weighted by molar-refractivity contribution is 6.30. The SMILES string of the molecule is Cc1cccc(Cn2cnc3c2c(=O)n(CCc2ccccc2)c(=O)n3-c2ccc(Cl)cc2)c1. The van der Waals surface area contributed by atoms with Crippen molar-refractivity contribution in [3.63, 3.8) is 0 Å². The molecule has 0 aliphatic heterocycles. The van der Waals surface area contributed by atoms with Crippen molar-refractivity contribution in [2.45, 2.75) is 26.4 Å². The number of nitrogens with zero attached hydrogens (tertiary/aromatic N) is 4. The minimum absolute atomic E-state index is 0.265. The van der Waals surface area contributed by atoms with Crippen LogP contribution in [0.3, 0.4) is 0 Å². The second-order valence-electron chi connectivity index (χ2n) is 8.32. The van der Waals surface area contributed by atoms with E-state index in [0.29, 0.717) is 34.8 Å². The molecule has 3 aromatic carbocycles. The van der Waals surface area contributed by atoms with Crippen molar-refractivity contribution in [2.24, 2.45) is 0 Å². The van der Waals surface area contributed by atoms with Crippen LogP contribution in [0.1, 0.15) is 16.7 Å². The molecule has 0 unspecified atom stereocenters. The first-order chi connectivity index (χ1) is 16.5. The number of benzene rings is 3. The van der Waals surface area contributed by atoms with Gasteiger partial charge in [0, 0.05) is 18.1 Å². The first-order valence-corrected chi connectivity index (χ1v) is 11.4. The third kappa shape index (κ3) is 4.20. The van der Waals surface area contributed by atoms with Gasteiger partial charge in [0.2, 0.25) is 0 Å². The summed E-state index contributed by atoms with van der Waals surface area (Å²) in [5, 5.41) is 0.565. The summed E-state index contributed by atoms with van der Waals surface area (Å²) < 4.78 is 4.61. The van der Waals surface area contributed by atoms with Gasteiger partial charge in [-0.2, -0.15) is 0 Å². The summed E-state index contributed by atoms with van der Waals surface area (Å²) in [5.74, 6) is 0. The smallest absolute Gasteiger partial charge is 0.320 e. The van der Waals surface area contributed by atoms with Crippen molar-refractivity contribution in [2.75, 3.05) is 0 Å². The molecule has 0 radical (unpaired) electrons. The van der Waals surface area contributed by atoms with Gasteiger partial charge in [0.1, 0.15) is 0 Å². The average molecular weight is 471 g/mol. The van der Waals surface area contributed by atoms with Crippen molar-refractivity contribution >= 4 is 22.8 Å². The van der Waals surface area contributed by atoms with Gasteiger partial charge in [0.25, 0.3) is 5.56 Å². The molecule has 0 aliphatic carbocycles. The van der Waals surface area contributed by atoms with E-state index >= 15 is 0 Å². The summed E-state index contributed by atoms with van der Waals surface area (Å²) in [5.41, 5.74) is 3.82. The average Bonchev–Trinajstić information content (AvgIpc) is 3.24. The molecule has 5 aromatic rings. The number of hydrogen-bond acceptors (Lipinski definition) is 3. The number of fused-ring (bicyclic) bond motifs is 1. The van der Waals surface area contributed by atoms with Gasteiger partial charge in [-0.25, -0.2) is 14.3 Å². The number of imidazole rings is 1. The van der Waals surface area contributed by atoms with Gasteiger partial charge in [0.05, 0.1) is 12.0 Å². The van der Waals surface area contributed by atoms with Crippen LogP contribution in [0, 0.1) is 6.92 Å². The van der Waals surface area contributed by atoms with Gasteiger partial charge >= 0.3 is 5.69 Å². The molecule has 7 heteroatoms. The molecule has 6 nitrogen and oxygen atoms in total. The molecule has 0 N–H and O–H groups in total. The maximum Gasteiger partial charge on any atom is 0.337 e. The lowest BCUT2D eigenvalue weighted by Gasteiger charge is -2.13. The van der Waals surface area contributed by atoms with Crippen LogP contribution in [0.5, 0.6) is 0 Å². The molecular weight excluding hydrogens is 448 g/mol. The predicted molar refractivity (Wildman–Crippen MR) is 135 cm³/mol. The summed E-state index contributed by atoms with van der Waals surface area (Å²) in [7, 11) is 0. The Morgan fingerprint density at radius 1 is 0.882 bits per heavy atom. The van der Waals surface area contributed by atoms with Crippen molar-refractivity contribution < 1.29 is 0 Å². The monoisotopic (exact) mass is 470 g/mol. The fourth-order valence-corrected chi connectivity index (χ4v) is 4.34. The van der Waals surface area contributed by atoms with E-state index in [-0.39, 0.29) is 12.1 Å². The third-order valence-electron chi connectivity index (χ3n) is 5.89. The van der Waals surface area contributed by atoms with E-state index in [1.165, 1.54) is 9.13 Å². The van der Waals surface area contributed by atoms with Crippen LogP contribution in [0.4, 0.5) is 0 Å². The minimum Gasteiger partial charge on any atom is -0.320 e. The lowest BCUT2D eigenvalue weighted by atomic mass is 10.1. The third-order valence-corrected chi connectivity index (χ3v) is 6.14. The number of halogens is 1. The number of aryl methyl sites for hydroxylation is 2. The fourth-order valence-electron chi connectivity index (χ4n) is 4.21. The lowest BCUT2D eigenvalue weighted by Crippen LogP contribution is -2.40. The molecule has 2 heterocycles. The van der Waals surface area contributed by atoms with Crippen molar-refractivity contribution in [1.82, 2.24) is 18.7 Å². The predicted octanol–water partition coefficient (Wildman–Crippen LogP) is 4.60. The minimum atomic E-state index is -0.420. The second kappa shape index (κ2) is 9.15. The van der Waals surface area contributed by atoms with Crippen molar-refractivity contribution in [1.29, 1.82) is 0 Å². The van der Waals surface area contributed by atoms with E-state index in [4.69, 9.17) is 11.6 Å². The summed E-state index contributed by atoms with van der Waals surface area (Å²) in [4.78, 5) is 31.7. The van der Waals surface area contributed by atoms with E-state index in [1.807, 2.05) is 60.0 Å². The molecule has 0 saturated heterocycles. The van der Waals surface area contributed by atoms with Crippen molar-refractivity contribution in [3.8, 4) is 5.69 Å². The van der Waals surface area contributed by atoms with E-state index in [9.17, 15) is 9.59 Å². The van der Waals surface area contributed by atoms with Crippen LogP contribution in [0.2, 0.25) is 5.02 Å². The van der Waals surface area contributed by atoms with Gasteiger partial charge in [-0.1, -0.05) is 71.8 Å².